The first-order valence-electron chi connectivity index (χ1n) is 6.43. The van der Waals surface area contributed by atoms with Gasteiger partial charge in [0.25, 0.3) is 0 Å². The van der Waals surface area contributed by atoms with Crippen LogP contribution >= 0.6 is 11.8 Å². The Kier molecular flexibility index (Phi) is 6.60. The van der Waals surface area contributed by atoms with Gasteiger partial charge in [-0.15, -0.1) is 0 Å². The quantitative estimate of drug-likeness (QED) is 0.803. The lowest BCUT2D eigenvalue weighted by atomic mass is 10.1. The second-order valence-corrected chi connectivity index (χ2v) is 5.93. The lowest BCUT2D eigenvalue weighted by Gasteiger charge is -2.20. The lowest BCUT2D eigenvalue weighted by Crippen LogP contribution is -2.24. The highest BCUT2D eigenvalue weighted by atomic mass is 32.2. The van der Waals surface area contributed by atoms with Gasteiger partial charge in [0.1, 0.15) is 0 Å². The van der Waals surface area contributed by atoms with Crippen LogP contribution in [-0.2, 0) is 0 Å². The fourth-order valence-electron chi connectivity index (χ4n) is 1.67. The van der Waals surface area contributed by atoms with Gasteiger partial charge in [-0.25, -0.2) is 0 Å². The molecule has 0 bridgehead atoms. The number of rotatable bonds is 7. The number of aryl methyl sites for hydroxylation is 1. The first-order chi connectivity index (χ1) is 8.17. The number of thioether (sulfide) groups is 1. The Labute approximate surface area is 110 Å². The van der Waals surface area contributed by atoms with E-state index < -0.39 is 0 Å². The van der Waals surface area contributed by atoms with E-state index in [1.165, 1.54) is 17.5 Å². The van der Waals surface area contributed by atoms with Crippen LogP contribution in [0.5, 0.6) is 0 Å². The molecule has 1 aromatic rings. The summed E-state index contributed by atoms with van der Waals surface area (Å²) in [4.78, 5) is 4.29. The first kappa shape index (κ1) is 14.5. The number of hydrogen-bond acceptors (Lipinski definition) is 3. The van der Waals surface area contributed by atoms with E-state index in [9.17, 15) is 0 Å². The van der Waals surface area contributed by atoms with Crippen molar-refractivity contribution in [1.82, 2.24) is 10.3 Å². The summed E-state index contributed by atoms with van der Waals surface area (Å²) in [6, 6.07) is 2.66. The van der Waals surface area contributed by atoms with Crippen molar-refractivity contribution in [3.05, 3.63) is 29.6 Å². The highest BCUT2D eigenvalue weighted by Crippen LogP contribution is 2.22. The van der Waals surface area contributed by atoms with Gasteiger partial charge in [-0.1, -0.05) is 26.8 Å². The second kappa shape index (κ2) is 7.72. The Morgan fingerprint density at radius 3 is 2.71 bits per heavy atom. The van der Waals surface area contributed by atoms with E-state index >= 15 is 0 Å². The van der Waals surface area contributed by atoms with Crippen molar-refractivity contribution < 1.29 is 0 Å². The van der Waals surface area contributed by atoms with E-state index in [2.05, 4.69) is 44.1 Å². The molecule has 0 aliphatic heterocycles. The van der Waals surface area contributed by atoms with Gasteiger partial charge in [-0.2, -0.15) is 11.8 Å². The molecular weight excluding hydrogens is 228 g/mol. The van der Waals surface area contributed by atoms with Gasteiger partial charge in [0.15, 0.2) is 0 Å². The Morgan fingerprint density at radius 2 is 2.12 bits per heavy atom. The fourth-order valence-corrected chi connectivity index (χ4v) is 2.73. The Balaban J connectivity index is 2.64. The molecule has 0 radical (unpaired) electrons. The van der Waals surface area contributed by atoms with Crippen LogP contribution in [-0.4, -0.2) is 22.5 Å². The van der Waals surface area contributed by atoms with E-state index in [1.807, 2.05) is 24.2 Å². The molecule has 0 spiro atoms. The van der Waals surface area contributed by atoms with Gasteiger partial charge in [0, 0.05) is 29.4 Å². The molecule has 1 aromatic heterocycles. The maximum Gasteiger partial charge on any atom is 0.0427 e. The molecule has 2 nitrogen and oxygen atoms in total. The van der Waals surface area contributed by atoms with Crippen LogP contribution in [0.15, 0.2) is 18.5 Å². The standard InChI is InChI=1S/C14H24N2S/c1-5-12(4)17-10-14(16-6-2)13-7-11(3)8-15-9-13/h7-9,12,14,16H,5-6,10H2,1-4H3. The molecular formula is C14H24N2S. The molecule has 3 heteroatoms. The number of pyridine rings is 1. The fraction of sp³-hybridized carbons (Fsp3) is 0.643. The monoisotopic (exact) mass is 252 g/mol. The summed E-state index contributed by atoms with van der Waals surface area (Å²) >= 11 is 2.03. The molecule has 1 rings (SSSR count). The largest absolute Gasteiger partial charge is 0.309 e. The van der Waals surface area contributed by atoms with E-state index in [-0.39, 0.29) is 0 Å². The Morgan fingerprint density at radius 1 is 1.35 bits per heavy atom. The first-order valence-corrected chi connectivity index (χ1v) is 7.48. The van der Waals surface area contributed by atoms with Crippen LogP contribution in [0.3, 0.4) is 0 Å². The molecule has 2 unspecified atom stereocenters. The summed E-state index contributed by atoms with van der Waals surface area (Å²) in [5, 5.41) is 4.28. The molecule has 0 aromatic carbocycles. The number of hydrogen-bond donors (Lipinski definition) is 1. The molecule has 1 N–H and O–H groups in total. The van der Waals surface area contributed by atoms with Gasteiger partial charge < -0.3 is 5.32 Å². The smallest absolute Gasteiger partial charge is 0.0427 e. The highest BCUT2D eigenvalue weighted by molar-refractivity contribution is 7.99. The minimum absolute atomic E-state index is 0.423. The molecule has 0 amide bonds. The third-order valence-electron chi connectivity index (χ3n) is 2.87. The molecule has 96 valence electrons. The van der Waals surface area contributed by atoms with Crippen molar-refractivity contribution in [3.63, 3.8) is 0 Å². The summed E-state index contributed by atoms with van der Waals surface area (Å²) < 4.78 is 0. The molecule has 0 saturated heterocycles. The van der Waals surface area contributed by atoms with Crippen LogP contribution in [0.1, 0.15) is 44.4 Å². The van der Waals surface area contributed by atoms with Gasteiger partial charge in [-0.3, -0.25) is 4.98 Å². The molecule has 17 heavy (non-hydrogen) atoms. The maximum atomic E-state index is 4.29. The molecule has 1 heterocycles. The zero-order valence-corrected chi connectivity index (χ0v) is 12.2. The molecule has 0 saturated carbocycles. The predicted molar refractivity (Wildman–Crippen MR) is 77.6 cm³/mol. The van der Waals surface area contributed by atoms with E-state index in [4.69, 9.17) is 0 Å². The zero-order valence-electron chi connectivity index (χ0n) is 11.4. The van der Waals surface area contributed by atoms with Crippen LogP contribution in [0, 0.1) is 6.92 Å². The topological polar surface area (TPSA) is 24.9 Å². The van der Waals surface area contributed by atoms with Crippen LogP contribution in [0.25, 0.3) is 0 Å². The van der Waals surface area contributed by atoms with Crippen molar-refractivity contribution in [1.29, 1.82) is 0 Å². The van der Waals surface area contributed by atoms with Crippen molar-refractivity contribution in [2.45, 2.75) is 45.4 Å². The second-order valence-electron chi connectivity index (χ2n) is 4.46. The summed E-state index contributed by atoms with van der Waals surface area (Å²) in [5.41, 5.74) is 2.54. The van der Waals surface area contributed by atoms with E-state index in [0.717, 1.165) is 17.5 Å². The number of nitrogens with one attached hydrogen (secondary N) is 1. The van der Waals surface area contributed by atoms with Crippen LogP contribution in [0.4, 0.5) is 0 Å². The maximum absolute atomic E-state index is 4.29. The van der Waals surface area contributed by atoms with E-state index in [0.29, 0.717) is 6.04 Å². The summed E-state index contributed by atoms with van der Waals surface area (Å²) in [6.07, 6.45) is 5.13. The number of aromatic nitrogens is 1. The van der Waals surface area contributed by atoms with Crippen molar-refractivity contribution in [2.24, 2.45) is 0 Å². The Bertz CT molecular complexity index is 328. The predicted octanol–water partition coefficient (Wildman–Crippen LogP) is 3.57. The third-order valence-corrected chi connectivity index (χ3v) is 4.30. The molecule has 0 fully saturated rings. The van der Waals surface area contributed by atoms with Crippen molar-refractivity contribution in [3.8, 4) is 0 Å². The van der Waals surface area contributed by atoms with Crippen molar-refractivity contribution in [2.75, 3.05) is 12.3 Å². The zero-order chi connectivity index (χ0) is 12.7. The number of nitrogens with zero attached hydrogens (tertiary/aromatic N) is 1. The van der Waals surface area contributed by atoms with Gasteiger partial charge in [0.05, 0.1) is 0 Å². The summed E-state index contributed by atoms with van der Waals surface area (Å²) in [6.45, 7) is 9.79. The summed E-state index contributed by atoms with van der Waals surface area (Å²) in [5.74, 6) is 1.12. The SMILES string of the molecule is CCNC(CSC(C)CC)c1cncc(C)c1. The van der Waals surface area contributed by atoms with Gasteiger partial charge in [0.2, 0.25) is 0 Å². The minimum Gasteiger partial charge on any atom is -0.309 e. The summed E-state index contributed by atoms with van der Waals surface area (Å²) in [7, 11) is 0. The average molecular weight is 252 g/mol. The van der Waals surface area contributed by atoms with Gasteiger partial charge in [-0.05, 0) is 31.0 Å². The average Bonchev–Trinajstić information content (AvgIpc) is 2.34. The third kappa shape index (κ3) is 5.09. The molecule has 0 aliphatic rings. The molecule has 2 atom stereocenters. The van der Waals surface area contributed by atoms with E-state index in [1.54, 1.807) is 0 Å². The lowest BCUT2D eigenvalue weighted by molar-refractivity contribution is 0.602. The highest BCUT2D eigenvalue weighted by Gasteiger charge is 2.12. The van der Waals surface area contributed by atoms with Gasteiger partial charge >= 0.3 is 0 Å². The van der Waals surface area contributed by atoms with Crippen LogP contribution < -0.4 is 5.32 Å². The Hall–Kier alpha value is -0.540. The molecule has 0 aliphatic carbocycles. The normalized spacial score (nSPS) is 14.6. The van der Waals surface area contributed by atoms with Crippen molar-refractivity contribution >= 4 is 11.8 Å². The van der Waals surface area contributed by atoms with Crippen LogP contribution in [0.2, 0.25) is 0 Å². The minimum atomic E-state index is 0.423.